The molecule has 3 saturated heterocycles. The number of nitrogens with zero attached hydrogens (tertiary/aromatic N) is 3. The van der Waals surface area contributed by atoms with Gasteiger partial charge in [-0.3, -0.25) is 9.59 Å². The van der Waals surface area contributed by atoms with Crippen molar-refractivity contribution in [2.24, 2.45) is 5.41 Å². The summed E-state index contributed by atoms with van der Waals surface area (Å²) in [4.78, 5) is 32.7. The van der Waals surface area contributed by atoms with Crippen molar-refractivity contribution in [3.8, 4) is 0 Å². The molecule has 2 N–H and O–H groups in total. The van der Waals surface area contributed by atoms with Crippen LogP contribution in [0.4, 0.5) is 5.82 Å². The number of pyridine rings is 1. The molecule has 7 heteroatoms. The SMILES string of the molecule is O=C(O)C1CC2(CCN(c3ncccc3C(=O)N3CCCC3)CC2)CN1. The number of aromatic nitrogens is 1. The van der Waals surface area contributed by atoms with E-state index in [2.05, 4.69) is 15.2 Å². The van der Waals surface area contributed by atoms with Gasteiger partial charge in [-0.05, 0) is 49.7 Å². The van der Waals surface area contributed by atoms with E-state index < -0.39 is 12.0 Å². The fourth-order valence-electron chi connectivity index (χ4n) is 4.57. The van der Waals surface area contributed by atoms with Crippen LogP contribution in [-0.4, -0.2) is 65.6 Å². The van der Waals surface area contributed by atoms with E-state index in [9.17, 15) is 14.7 Å². The summed E-state index contributed by atoms with van der Waals surface area (Å²) in [5.74, 6) is 0.104. The second kappa shape index (κ2) is 6.87. The van der Waals surface area contributed by atoms with Crippen LogP contribution >= 0.6 is 0 Å². The molecule has 4 heterocycles. The first-order valence-corrected chi connectivity index (χ1v) is 9.53. The number of aliphatic carboxylic acids is 1. The van der Waals surface area contributed by atoms with Crippen molar-refractivity contribution in [2.45, 2.75) is 38.1 Å². The summed E-state index contributed by atoms with van der Waals surface area (Å²) in [7, 11) is 0. The van der Waals surface area contributed by atoms with Gasteiger partial charge in [0, 0.05) is 38.9 Å². The van der Waals surface area contributed by atoms with Crippen molar-refractivity contribution in [1.29, 1.82) is 0 Å². The first-order valence-electron chi connectivity index (χ1n) is 9.53. The van der Waals surface area contributed by atoms with Crippen molar-refractivity contribution < 1.29 is 14.7 Å². The summed E-state index contributed by atoms with van der Waals surface area (Å²) in [6.45, 7) is 4.05. The zero-order valence-electron chi connectivity index (χ0n) is 15.0. The number of piperidine rings is 1. The monoisotopic (exact) mass is 358 g/mol. The van der Waals surface area contributed by atoms with Crippen molar-refractivity contribution in [3.63, 3.8) is 0 Å². The van der Waals surface area contributed by atoms with Gasteiger partial charge in [-0.1, -0.05) is 0 Å². The molecule has 1 amide bonds. The highest BCUT2D eigenvalue weighted by atomic mass is 16.4. The van der Waals surface area contributed by atoms with Crippen LogP contribution in [0.15, 0.2) is 18.3 Å². The Morgan fingerprint density at radius 2 is 1.92 bits per heavy atom. The Bertz CT molecular complexity index is 694. The predicted octanol–water partition coefficient (Wildman–Crippen LogP) is 1.35. The van der Waals surface area contributed by atoms with E-state index in [-0.39, 0.29) is 11.3 Å². The summed E-state index contributed by atoms with van der Waals surface area (Å²) in [5.41, 5.74) is 0.756. The predicted molar refractivity (Wildman–Crippen MR) is 97.3 cm³/mol. The minimum atomic E-state index is -0.757. The third-order valence-corrected chi connectivity index (χ3v) is 6.19. The average Bonchev–Trinajstić information content (AvgIpc) is 3.33. The molecule has 0 aliphatic carbocycles. The molecule has 4 rings (SSSR count). The highest BCUT2D eigenvalue weighted by Gasteiger charge is 2.44. The summed E-state index contributed by atoms with van der Waals surface area (Å²) in [5, 5.41) is 12.4. The molecule has 3 aliphatic rings. The molecule has 1 unspecified atom stereocenters. The topological polar surface area (TPSA) is 85.8 Å². The molecule has 3 fully saturated rings. The van der Waals surface area contributed by atoms with Crippen molar-refractivity contribution in [2.75, 3.05) is 37.6 Å². The second-order valence-electron chi connectivity index (χ2n) is 7.84. The van der Waals surface area contributed by atoms with Gasteiger partial charge in [0.05, 0.1) is 5.56 Å². The smallest absolute Gasteiger partial charge is 0.320 e. The zero-order valence-corrected chi connectivity index (χ0v) is 15.0. The Morgan fingerprint density at radius 1 is 1.19 bits per heavy atom. The summed E-state index contributed by atoms with van der Waals surface area (Å²) in [6.07, 6.45) is 6.45. The lowest BCUT2D eigenvalue weighted by Gasteiger charge is -2.40. The zero-order chi connectivity index (χ0) is 18.1. The molecule has 1 aromatic rings. The van der Waals surface area contributed by atoms with E-state index in [4.69, 9.17) is 0 Å². The Morgan fingerprint density at radius 3 is 2.58 bits per heavy atom. The number of nitrogens with one attached hydrogen (secondary N) is 1. The molecule has 3 aliphatic heterocycles. The lowest BCUT2D eigenvalue weighted by atomic mass is 9.76. The van der Waals surface area contributed by atoms with Gasteiger partial charge in [0.1, 0.15) is 11.9 Å². The molecule has 1 atom stereocenters. The number of carbonyl (C=O) groups is 2. The summed E-state index contributed by atoms with van der Waals surface area (Å²) < 4.78 is 0. The number of rotatable bonds is 3. The summed E-state index contributed by atoms with van der Waals surface area (Å²) >= 11 is 0. The summed E-state index contributed by atoms with van der Waals surface area (Å²) in [6, 6.07) is 3.28. The van der Waals surface area contributed by atoms with Crippen molar-refractivity contribution in [1.82, 2.24) is 15.2 Å². The van der Waals surface area contributed by atoms with Gasteiger partial charge < -0.3 is 20.2 Å². The largest absolute Gasteiger partial charge is 0.480 e. The second-order valence-corrected chi connectivity index (χ2v) is 7.84. The Kier molecular flexibility index (Phi) is 4.56. The van der Waals surface area contributed by atoms with Gasteiger partial charge in [0.2, 0.25) is 0 Å². The highest BCUT2D eigenvalue weighted by molar-refractivity contribution is 5.99. The van der Waals surface area contributed by atoms with Crippen LogP contribution in [0, 0.1) is 5.41 Å². The number of likely N-dealkylation sites (tertiary alicyclic amines) is 1. The van der Waals surface area contributed by atoms with Crippen LogP contribution in [0.2, 0.25) is 0 Å². The molecular weight excluding hydrogens is 332 g/mol. The Hall–Kier alpha value is -2.15. The number of carboxylic acid groups (broad SMARTS) is 1. The number of hydrogen-bond donors (Lipinski definition) is 2. The molecule has 0 saturated carbocycles. The number of anilines is 1. The maximum absolute atomic E-state index is 12.9. The number of carbonyl (C=O) groups excluding carboxylic acids is 1. The van der Waals surface area contributed by atoms with Gasteiger partial charge >= 0.3 is 5.97 Å². The van der Waals surface area contributed by atoms with E-state index >= 15 is 0 Å². The fourth-order valence-corrected chi connectivity index (χ4v) is 4.57. The molecule has 1 spiro atoms. The van der Waals surface area contributed by atoms with Crippen LogP contribution in [0.5, 0.6) is 0 Å². The molecule has 0 bridgehead atoms. The first-order chi connectivity index (χ1) is 12.6. The lowest BCUT2D eigenvalue weighted by molar-refractivity contribution is -0.139. The minimum absolute atomic E-state index is 0.0630. The fraction of sp³-hybridized carbons (Fsp3) is 0.632. The first kappa shape index (κ1) is 17.3. The van der Waals surface area contributed by atoms with Crippen LogP contribution in [0.1, 0.15) is 42.5 Å². The third kappa shape index (κ3) is 3.16. The minimum Gasteiger partial charge on any atom is -0.480 e. The molecule has 0 radical (unpaired) electrons. The van der Waals surface area contributed by atoms with Gasteiger partial charge in [0.25, 0.3) is 5.91 Å². The number of amides is 1. The van der Waals surface area contributed by atoms with Crippen LogP contribution in [0.3, 0.4) is 0 Å². The molecule has 7 nitrogen and oxygen atoms in total. The quantitative estimate of drug-likeness (QED) is 0.848. The molecule has 1 aromatic heterocycles. The van der Waals surface area contributed by atoms with E-state index in [1.807, 2.05) is 17.0 Å². The molecule has 0 aromatic carbocycles. The normalized spacial score (nSPS) is 25.0. The maximum Gasteiger partial charge on any atom is 0.320 e. The van der Waals surface area contributed by atoms with Crippen LogP contribution in [0.25, 0.3) is 0 Å². The van der Waals surface area contributed by atoms with Crippen molar-refractivity contribution in [3.05, 3.63) is 23.9 Å². The van der Waals surface area contributed by atoms with Crippen molar-refractivity contribution >= 4 is 17.7 Å². The van der Waals surface area contributed by atoms with E-state index in [1.165, 1.54) is 0 Å². The standard InChI is InChI=1S/C19H26N4O3/c24-17(23-8-1-2-9-23)14-4-3-7-20-16(14)22-10-5-19(6-11-22)12-15(18(25)26)21-13-19/h3-4,7,15,21H,1-2,5-6,8-13H2,(H,25,26). The highest BCUT2D eigenvalue weighted by Crippen LogP contribution is 2.40. The van der Waals surface area contributed by atoms with Gasteiger partial charge in [-0.2, -0.15) is 0 Å². The van der Waals surface area contributed by atoms with E-state index in [0.717, 1.165) is 64.2 Å². The Balaban J connectivity index is 1.47. The van der Waals surface area contributed by atoms with Gasteiger partial charge in [-0.25, -0.2) is 4.98 Å². The van der Waals surface area contributed by atoms with Crippen LogP contribution < -0.4 is 10.2 Å². The average molecular weight is 358 g/mol. The molecule has 26 heavy (non-hydrogen) atoms. The maximum atomic E-state index is 12.9. The third-order valence-electron chi connectivity index (χ3n) is 6.19. The van der Waals surface area contributed by atoms with Gasteiger partial charge in [0.15, 0.2) is 0 Å². The number of carboxylic acids is 1. The van der Waals surface area contributed by atoms with E-state index in [0.29, 0.717) is 12.0 Å². The number of hydrogen-bond acceptors (Lipinski definition) is 5. The van der Waals surface area contributed by atoms with E-state index in [1.54, 1.807) is 6.20 Å². The molecular formula is C19H26N4O3. The lowest BCUT2D eigenvalue weighted by Crippen LogP contribution is -2.42. The van der Waals surface area contributed by atoms with Gasteiger partial charge in [-0.15, -0.1) is 0 Å². The molecule has 140 valence electrons. The van der Waals surface area contributed by atoms with Crippen LogP contribution in [-0.2, 0) is 4.79 Å². The Labute approximate surface area is 153 Å².